The summed E-state index contributed by atoms with van der Waals surface area (Å²) in [6, 6.07) is 9.36. The lowest BCUT2D eigenvalue weighted by Gasteiger charge is -2.26. The molecular weight excluding hydrogens is 404 g/mol. The van der Waals surface area contributed by atoms with Crippen LogP contribution in [-0.2, 0) is 0 Å². The highest BCUT2D eigenvalue weighted by atomic mass is 35.5. The molecule has 1 aliphatic heterocycles. The minimum Gasteiger partial charge on any atom is -0.351 e. The third kappa shape index (κ3) is 4.92. The first-order chi connectivity index (χ1) is 13.1. The van der Waals surface area contributed by atoms with Crippen LogP contribution in [0, 0.1) is 5.82 Å². The van der Waals surface area contributed by atoms with E-state index in [9.17, 15) is 9.18 Å². The third-order valence-corrected chi connectivity index (χ3v) is 4.34. The molecule has 0 saturated heterocycles. The Morgan fingerprint density at radius 3 is 2.64 bits per heavy atom. The molecule has 0 aliphatic carbocycles. The maximum Gasteiger partial charge on any atom is 0.280 e. The van der Waals surface area contributed by atoms with Crippen molar-refractivity contribution in [3.05, 3.63) is 63.4 Å². The number of carbonyl (C=O) groups excluding carboxylic acids is 1. The van der Waals surface area contributed by atoms with Gasteiger partial charge < -0.3 is 16.1 Å². The van der Waals surface area contributed by atoms with Crippen molar-refractivity contribution in [2.75, 3.05) is 5.43 Å². The highest BCUT2D eigenvalue weighted by molar-refractivity contribution is 6.31. The number of rotatable bonds is 2. The molecule has 1 heterocycles. The van der Waals surface area contributed by atoms with E-state index < -0.39 is 17.9 Å². The normalized spacial score (nSPS) is 16.4. The fourth-order valence-corrected chi connectivity index (χ4v) is 2.98. The molecule has 0 bridgehead atoms. The van der Waals surface area contributed by atoms with Crippen molar-refractivity contribution in [1.29, 1.82) is 0 Å². The molecule has 1 atom stereocenters. The largest absolute Gasteiger partial charge is 0.351 e. The Kier molecular flexibility index (Phi) is 5.79. The molecule has 4 N–H and O–H groups in total. The molecule has 9 heteroatoms. The van der Waals surface area contributed by atoms with Crippen molar-refractivity contribution in [2.24, 2.45) is 4.99 Å². The SMILES string of the molecule is CC(C)(C)N/C(=N\C(=O)c1cccc(Cl)c1)NC1NNc2cc(Cl)c(F)cc21. The average Bonchev–Trinajstić information content (AvgIpc) is 2.95. The van der Waals surface area contributed by atoms with E-state index in [1.807, 2.05) is 20.8 Å². The lowest BCUT2D eigenvalue weighted by molar-refractivity contribution is 0.100. The van der Waals surface area contributed by atoms with Gasteiger partial charge in [0.2, 0.25) is 5.96 Å². The number of anilines is 1. The summed E-state index contributed by atoms with van der Waals surface area (Å²) in [5.41, 5.74) is 7.14. The Balaban J connectivity index is 1.88. The van der Waals surface area contributed by atoms with Crippen LogP contribution in [0.1, 0.15) is 42.9 Å². The van der Waals surface area contributed by atoms with Crippen LogP contribution in [0.15, 0.2) is 41.4 Å². The van der Waals surface area contributed by atoms with E-state index in [1.54, 1.807) is 24.3 Å². The van der Waals surface area contributed by atoms with Gasteiger partial charge in [-0.15, -0.1) is 0 Å². The summed E-state index contributed by atoms with van der Waals surface area (Å²) in [5.74, 6) is -0.759. The first-order valence-electron chi connectivity index (χ1n) is 8.56. The van der Waals surface area contributed by atoms with Gasteiger partial charge in [0.05, 0.1) is 10.7 Å². The van der Waals surface area contributed by atoms with Crippen LogP contribution in [0.5, 0.6) is 0 Å². The molecular formula is C19H20Cl2FN5O. The predicted molar refractivity (Wildman–Crippen MR) is 110 cm³/mol. The van der Waals surface area contributed by atoms with Gasteiger partial charge in [0, 0.05) is 21.7 Å². The lowest BCUT2D eigenvalue weighted by atomic mass is 10.1. The van der Waals surface area contributed by atoms with E-state index in [-0.39, 0.29) is 16.5 Å². The van der Waals surface area contributed by atoms with Gasteiger partial charge in [0.15, 0.2) is 0 Å². The van der Waals surface area contributed by atoms with Crippen LogP contribution in [0.4, 0.5) is 10.1 Å². The van der Waals surface area contributed by atoms with Gasteiger partial charge in [-0.1, -0.05) is 29.3 Å². The molecule has 1 amide bonds. The lowest BCUT2D eigenvalue weighted by Crippen LogP contribution is -2.50. The molecule has 0 fully saturated rings. The monoisotopic (exact) mass is 423 g/mol. The maximum absolute atomic E-state index is 13.9. The first-order valence-corrected chi connectivity index (χ1v) is 9.32. The summed E-state index contributed by atoms with van der Waals surface area (Å²) in [5, 5.41) is 6.71. The van der Waals surface area contributed by atoms with Crippen molar-refractivity contribution < 1.29 is 9.18 Å². The van der Waals surface area contributed by atoms with Crippen LogP contribution in [0.25, 0.3) is 0 Å². The third-order valence-electron chi connectivity index (χ3n) is 3.81. The van der Waals surface area contributed by atoms with E-state index >= 15 is 0 Å². The number of amides is 1. The van der Waals surface area contributed by atoms with Crippen LogP contribution in [-0.4, -0.2) is 17.4 Å². The number of benzene rings is 2. The standard InChI is InChI=1S/C19H20Cl2FN5O/c1-19(2,3)25-18(24-17(28)10-5-4-6-11(20)7-10)23-16-12-8-14(22)13(21)9-15(12)26-27-16/h4-9,16,26-27H,1-3H3,(H2,23,24,25,28). The Morgan fingerprint density at radius 1 is 1.21 bits per heavy atom. The first kappa shape index (κ1) is 20.4. The Morgan fingerprint density at radius 2 is 1.96 bits per heavy atom. The second kappa shape index (κ2) is 7.95. The molecule has 3 rings (SSSR count). The molecule has 0 aromatic heterocycles. The number of nitrogens with zero attached hydrogens (tertiary/aromatic N) is 1. The molecule has 0 radical (unpaired) electrons. The highest BCUT2D eigenvalue weighted by Crippen LogP contribution is 2.31. The Hall–Kier alpha value is -2.35. The molecule has 148 valence electrons. The number of hydrazine groups is 1. The summed E-state index contributed by atoms with van der Waals surface area (Å²) in [4.78, 5) is 16.7. The Bertz CT molecular complexity index is 942. The van der Waals surface area contributed by atoms with Crippen molar-refractivity contribution in [3.8, 4) is 0 Å². The molecule has 1 aliphatic rings. The zero-order valence-corrected chi connectivity index (χ0v) is 17.0. The second-order valence-electron chi connectivity index (χ2n) is 7.35. The Labute approximate surface area is 172 Å². The molecule has 0 spiro atoms. The summed E-state index contributed by atoms with van der Waals surface area (Å²) in [7, 11) is 0. The van der Waals surface area contributed by atoms with E-state index in [1.165, 1.54) is 12.1 Å². The van der Waals surface area contributed by atoms with Crippen molar-refractivity contribution >= 4 is 40.8 Å². The van der Waals surface area contributed by atoms with Crippen molar-refractivity contribution in [3.63, 3.8) is 0 Å². The smallest absolute Gasteiger partial charge is 0.280 e. The second-order valence-corrected chi connectivity index (χ2v) is 8.19. The molecule has 0 saturated carbocycles. The summed E-state index contributed by atoms with van der Waals surface area (Å²) >= 11 is 11.8. The zero-order valence-electron chi connectivity index (χ0n) is 15.5. The van der Waals surface area contributed by atoms with Gasteiger partial charge in [-0.2, -0.15) is 4.99 Å². The number of guanidine groups is 1. The highest BCUT2D eigenvalue weighted by Gasteiger charge is 2.26. The van der Waals surface area contributed by atoms with E-state index in [0.717, 1.165) is 0 Å². The topological polar surface area (TPSA) is 77.5 Å². The number of nitrogens with one attached hydrogen (secondary N) is 4. The molecule has 6 nitrogen and oxygen atoms in total. The fraction of sp³-hybridized carbons (Fsp3) is 0.263. The fourth-order valence-electron chi connectivity index (χ4n) is 2.63. The number of hydrogen-bond donors (Lipinski definition) is 4. The summed E-state index contributed by atoms with van der Waals surface area (Å²) in [6.45, 7) is 5.80. The van der Waals surface area contributed by atoms with Crippen molar-refractivity contribution in [2.45, 2.75) is 32.5 Å². The number of carbonyl (C=O) groups is 1. The average molecular weight is 424 g/mol. The van der Waals surface area contributed by atoms with Gasteiger partial charge in [0.25, 0.3) is 5.91 Å². The maximum atomic E-state index is 13.9. The van der Waals surface area contributed by atoms with E-state index in [2.05, 4.69) is 26.5 Å². The van der Waals surface area contributed by atoms with Gasteiger partial charge in [-0.25, -0.2) is 9.82 Å². The zero-order chi connectivity index (χ0) is 20.5. The molecule has 28 heavy (non-hydrogen) atoms. The van der Waals surface area contributed by atoms with E-state index in [0.29, 0.717) is 21.8 Å². The van der Waals surface area contributed by atoms with Gasteiger partial charge in [-0.05, 0) is 51.1 Å². The van der Waals surface area contributed by atoms with E-state index in [4.69, 9.17) is 23.2 Å². The summed E-state index contributed by atoms with van der Waals surface area (Å²) < 4.78 is 13.9. The quantitative estimate of drug-likeness (QED) is 0.429. The van der Waals surface area contributed by atoms with Crippen LogP contribution >= 0.6 is 23.2 Å². The number of hydrogen-bond acceptors (Lipinski definition) is 3. The van der Waals surface area contributed by atoms with Gasteiger partial charge in [-0.3, -0.25) is 4.79 Å². The van der Waals surface area contributed by atoms with Crippen molar-refractivity contribution in [1.82, 2.24) is 16.1 Å². The van der Waals surface area contributed by atoms with Gasteiger partial charge in [0.1, 0.15) is 12.0 Å². The minimum atomic E-state index is -0.532. The summed E-state index contributed by atoms with van der Waals surface area (Å²) in [6.07, 6.45) is -0.525. The molecule has 2 aromatic rings. The minimum absolute atomic E-state index is 0.0199. The number of aliphatic imine (C=N–C) groups is 1. The van der Waals surface area contributed by atoms with Gasteiger partial charge >= 0.3 is 0 Å². The molecule has 2 aromatic carbocycles. The van der Waals surface area contributed by atoms with Crippen LogP contribution in [0.2, 0.25) is 10.0 Å². The number of fused-ring (bicyclic) bond motifs is 1. The number of halogens is 3. The van der Waals surface area contributed by atoms with Crippen LogP contribution < -0.4 is 21.5 Å². The van der Waals surface area contributed by atoms with Crippen LogP contribution in [0.3, 0.4) is 0 Å². The molecule has 1 unspecified atom stereocenters. The predicted octanol–water partition coefficient (Wildman–Crippen LogP) is 4.24.